The molecule has 3 atom stereocenters. The van der Waals surface area contributed by atoms with Crippen molar-refractivity contribution in [2.45, 2.75) is 58.8 Å². The van der Waals surface area contributed by atoms with Crippen molar-refractivity contribution >= 4 is 15.8 Å². The van der Waals surface area contributed by atoms with Gasteiger partial charge in [0.2, 0.25) is 0 Å². The van der Waals surface area contributed by atoms with Gasteiger partial charge < -0.3 is 15.4 Å². The van der Waals surface area contributed by atoms with Gasteiger partial charge in [0.05, 0.1) is 18.0 Å². The van der Waals surface area contributed by atoms with Crippen molar-refractivity contribution in [2.24, 2.45) is 4.99 Å². The van der Waals surface area contributed by atoms with E-state index in [2.05, 4.69) is 34.4 Å². The second kappa shape index (κ2) is 11.0. The summed E-state index contributed by atoms with van der Waals surface area (Å²) in [6.45, 7) is 12.7. The Morgan fingerprint density at radius 2 is 1.96 bits per heavy atom. The maximum atomic E-state index is 11.3. The number of guanidine groups is 1. The Balaban J connectivity index is 2.36. The summed E-state index contributed by atoms with van der Waals surface area (Å²) in [6.07, 6.45) is 3.43. The van der Waals surface area contributed by atoms with E-state index in [1.807, 2.05) is 13.8 Å². The van der Waals surface area contributed by atoms with E-state index in [-0.39, 0.29) is 11.8 Å². The van der Waals surface area contributed by atoms with E-state index < -0.39 is 9.84 Å². The zero-order valence-electron chi connectivity index (χ0n) is 16.4. The van der Waals surface area contributed by atoms with Crippen LogP contribution in [0.15, 0.2) is 4.99 Å². The third kappa shape index (κ3) is 10.7. The molecule has 0 amide bonds. The van der Waals surface area contributed by atoms with Gasteiger partial charge >= 0.3 is 0 Å². The predicted molar refractivity (Wildman–Crippen MR) is 104 cm³/mol. The van der Waals surface area contributed by atoms with Crippen LogP contribution in [0.4, 0.5) is 0 Å². The van der Waals surface area contributed by atoms with Gasteiger partial charge in [0.1, 0.15) is 9.84 Å². The second-order valence-corrected chi connectivity index (χ2v) is 9.35. The smallest absolute Gasteiger partial charge is 0.191 e. The van der Waals surface area contributed by atoms with Crippen LogP contribution < -0.4 is 10.6 Å². The minimum Gasteiger partial charge on any atom is -0.373 e. The normalized spacial score (nSPS) is 24.1. The van der Waals surface area contributed by atoms with E-state index in [1.54, 1.807) is 0 Å². The Bertz CT molecular complexity index is 500. The van der Waals surface area contributed by atoms with E-state index in [0.29, 0.717) is 18.6 Å². The zero-order valence-corrected chi connectivity index (χ0v) is 17.2. The number of ether oxygens (including phenoxy) is 1. The summed E-state index contributed by atoms with van der Waals surface area (Å²) in [7, 11) is -2.93. The fourth-order valence-corrected chi connectivity index (χ4v) is 3.75. The van der Waals surface area contributed by atoms with Crippen molar-refractivity contribution in [1.82, 2.24) is 15.5 Å². The third-order valence-electron chi connectivity index (χ3n) is 4.05. The molecule has 0 bridgehead atoms. The number of hydrogen-bond donors (Lipinski definition) is 2. The maximum absolute atomic E-state index is 11.3. The highest BCUT2D eigenvalue weighted by atomic mass is 32.2. The van der Waals surface area contributed by atoms with Crippen LogP contribution in [-0.4, -0.2) is 82.3 Å². The van der Waals surface area contributed by atoms with Crippen LogP contribution >= 0.6 is 0 Å². The molecule has 8 heteroatoms. The molecular formula is C17H36N4O3S. The highest BCUT2D eigenvalue weighted by Gasteiger charge is 2.21. The number of nitrogens with one attached hydrogen (secondary N) is 2. The lowest BCUT2D eigenvalue weighted by Gasteiger charge is -2.35. The zero-order chi connectivity index (χ0) is 18.9. The first-order chi connectivity index (χ1) is 11.7. The van der Waals surface area contributed by atoms with Gasteiger partial charge in [-0.1, -0.05) is 0 Å². The molecule has 25 heavy (non-hydrogen) atoms. The van der Waals surface area contributed by atoms with Crippen LogP contribution in [0.3, 0.4) is 0 Å². The van der Waals surface area contributed by atoms with Crippen LogP contribution in [0.25, 0.3) is 0 Å². The lowest BCUT2D eigenvalue weighted by Crippen LogP contribution is -2.46. The summed E-state index contributed by atoms with van der Waals surface area (Å²) in [6, 6.07) is 0.0634. The molecule has 1 rings (SSSR count). The molecule has 7 nitrogen and oxygen atoms in total. The monoisotopic (exact) mass is 376 g/mol. The Kier molecular flexibility index (Phi) is 9.74. The topological polar surface area (TPSA) is 83.0 Å². The first-order valence-corrected chi connectivity index (χ1v) is 11.4. The quantitative estimate of drug-likeness (QED) is 0.353. The number of sulfone groups is 1. The molecule has 148 valence electrons. The Morgan fingerprint density at radius 1 is 1.32 bits per heavy atom. The Hall–Kier alpha value is -0.860. The molecule has 0 radical (unpaired) electrons. The van der Waals surface area contributed by atoms with Crippen molar-refractivity contribution in [2.75, 3.05) is 44.7 Å². The first kappa shape index (κ1) is 22.2. The van der Waals surface area contributed by atoms with E-state index >= 15 is 0 Å². The van der Waals surface area contributed by atoms with Gasteiger partial charge in [-0.25, -0.2) is 8.42 Å². The Labute approximate surface area is 153 Å². The van der Waals surface area contributed by atoms with Gasteiger partial charge in [0, 0.05) is 45.0 Å². The summed E-state index contributed by atoms with van der Waals surface area (Å²) in [5, 5.41) is 6.50. The molecule has 1 saturated heterocycles. The summed E-state index contributed by atoms with van der Waals surface area (Å²) < 4.78 is 28.3. The molecule has 3 unspecified atom stereocenters. The number of nitrogens with zero attached hydrogens (tertiary/aromatic N) is 2. The molecule has 1 heterocycles. The van der Waals surface area contributed by atoms with E-state index in [0.717, 1.165) is 45.1 Å². The fraction of sp³-hybridized carbons (Fsp3) is 0.941. The van der Waals surface area contributed by atoms with Crippen LogP contribution in [-0.2, 0) is 14.6 Å². The number of hydrogen-bond acceptors (Lipinski definition) is 5. The van der Waals surface area contributed by atoms with Crippen molar-refractivity contribution in [3.63, 3.8) is 0 Å². The largest absolute Gasteiger partial charge is 0.373 e. The average molecular weight is 377 g/mol. The summed E-state index contributed by atoms with van der Waals surface area (Å²) >= 11 is 0. The average Bonchev–Trinajstić information content (AvgIpc) is 2.48. The van der Waals surface area contributed by atoms with Crippen LogP contribution in [0, 0.1) is 0 Å². The molecule has 1 aliphatic rings. The minimum atomic E-state index is -2.93. The molecule has 0 aliphatic carbocycles. The molecule has 0 aromatic rings. The lowest BCUT2D eigenvalue weighted by molar-refractivity contribution is -0.0679. The van der Waals surface area contributed by atoms with Gasteiger partial charge in [0.25, 0.3) is 0 Å². The van der Waals surface area contributed by atoms with Gasteiger partial charge in [-0.05, 0) is 40.5 Å². The van der Waals surface area contributed by atoms with Crippen LogP contribution in [0.5, 0.6) is 0 Å². The molecule has 0 aromatic carbocycles. The standard InChI is InChI=1S/C17H36N4O3S/c1-6-18-17(20-14(2)8-11-25(5,22)23)19-9-7-10-21-12-15(3)24-16(4)13-21/h14-16H,6-13H2,1-5H3,(H2,18,19,20). The Morgan fingerprint density at radius 3 is 2.52 bits per heavy atom. The maximum Gasteiger partial charge on any atom is 0.191 e. The van der Waals surface area contributed by atoms with E-state index in [1.165, 1.54) is 6.26 Å². The van der Waals surface area contributed by atoms with Crippen molar-refractivity contribution < 1.29 is 13.2 Å². The van der Waals surface area contributed by atoms with Gasteiger partial charge in [0.15, 0.2) is 5.96 Å². The van der Waals surface area contributed by atoms with Gasteiger partial charge in [-0.15, -0.1) is 0 Å². The highest BCUT2D eigenvalue weighted by Crippen LogP contribution is 2.10. The molecule has 1 fully saturated rings. The van der Waals surface area contributed by atoms with E-state index in [4.69, 9.17) is 4.74 Å². The highest BCUT2D eigenvalue weighted by molar-refractivity contribution is 7.90. The molecule has 0 spiro atoms. The summed E-state index contributed by atoms with van der Waals surface area (Å²) in [5.41, 5.74) is 0. The van der Waals surface area contributed by atoms with Crippen LogP contribution in [0.1, 0.15) is 40.5 Å². The van der Waals surface area contributed by atoms with E-state index in [9.17, 15) is 8.42 Å². The number of rotatable bonds is 9. The van der Waals surface area contributed by atoms with Crippen molar-refractivity contribution in [3.05, 3.63) is 0 Å². The second-order valence-electron chi connectivity index (χ2n) is 7.10. The molecule has 2 N–H and O–H groups in total. The number of morpholine rings is 1. The van der Waals surface area contributed by atoms with Crippen LogP contribution in [0.2, 0.25) is 0 Å². The fourth-order valence-electron chi connectivity index (χ4n) is 2.97. The molecule has 1 aliphatic heterocycles. The van der Waals surface area contributed by atoms with Gasteiger partial charge in [-0.3, -0.25) is 9.89 Å². The minimum absolute atomic E-state index is 0.0634. The molecule has 0 saturated carbocycles. The third-order valence-corrected chi connectivity index (χ3v) is 5.02. The summed E-state index contributed by atoms with van der Waals surface area (Å²) in [4.78, 5) is 7.04. The van der Waals surface area contributed by atoms with Gasteiger partial charge in [-0.2, -0.15) is 0 Å². The number of aliphatic imine (C=N–C) groups is 1. The molecule has 0 aromatic heterocycles. The summed E-state index contributed by atoms with van der Waals surface area (Å²) in [5.74, 6) is 0.945. The SMILES string of the molecule is CCNC(=NCCCN1CC(C)OC(C)C1)NC(C)CCS(C)(=O)=O. The lowest BCUT2D eigenvalue weighted by atomic mass is 10.2. The van der Waals surface area contributed by atoms with Crippen molar-refractivity contribution in [1.29, 1.82) is 0 Å². The molecular weight excluding hydrogens is 340 g/mol. The first-order valence-electron chi connectivity index (χ1n) is 9.30. The predicted octanol–water partition coefficient (Wildman–Crippen LogP) is 0.864. The van der Waals surface area contributed by atoms with Crippen molar-refractivity contribution in [3.8, 4) is 0 Å².